The summed E-state index contributed by atoms with van der Waals surface area (Å²) in [5, 5.41) is 5.89. The third kappa shape index (κ3) is 2.27. The minimum atomic E-state index is 0.707. The fraction of sp³-hybridized carbons (Fsp3) is 0.200. The molecule has 0 aliphatic rings. The van der Waals surface area contributed by atoms with Crippen LogP contribution in [0.25, 0.3) is 0 Å². The van der Waals surface area contributed by atoms with E-state index in [1.807, 2.05) is 38.4 Å². The van der Waals surface area contributed by atoms with Gasteiger partial charge in [0.15, 0.2) is 0 Å². The van der Waals surface area contributed by atoms with Crippen LogP contribution in [0.2, 0.25) is 0 Å². The van der Waals surface area contributed by atoms with E-state index in [4.69, 9.17) is 24.4 Å². The second-order valence-corrected chi connectivity index (χ2v) is 3.52. The molecule has 0 amide bonds. The molecular weight excluding hydrogens is 212 g/mol. The zero-order chi connectivity index (χ0) is 10.6. The summed E-state index contributed by atoms with van der Waals surface area (Å²) in [6.07, 6.45) is 0. The van der Waals surface area contributed by atoms with E-state index in [2.05, 4.69) is 10.6 Å². The quantitative estimate of drug-likeness (QED) is 0.743. The minimum absolute atomic E-state index is 0.707. The van der Waals surface area contributed by atoms with Gasteiger partial charge in [-0.1, -0.05) is 48.7 Å². The zero-order valence-corrected chi connectivity index (χ0v) is 9.76. The summed E-state index contributed by atoms with van der Waals surface area (Å²) < 4.78 is 0. The Kier molecular flexibility index (Phi) is 3.98. The van der Waals surface area contributed by atoms with Crippen LogP contribution in [0.1, 0.15) is 11.1 Å². The van der Waals surface area contributed by atoms with Gasteiger partial charge < -0.3 is 10.6 Å². The highest BCUT2D eigenvalue weighted by atomic mass is 32.1. The Morgan fingerprint density at radius 2 is 1.29 bits per heavy atom. The van der Waals surface area contributed by atoms with E-state index in [1.165, 1.54) is 0 Å². The Hall–Kier alpha value is -1.00. The van der Waals surface area contributed by atoms with E-state index in [0.717, 1.165) is 11.1 Å². The summed E-state index contributed by atoms with van der Waals surface area (Å²) >= 11 is 10.4. The third-order valence-corrected chi connectivity index (χ3v) is 2.72. The van der Waals surface area contributed by atoms with Crippen LogP contribution in [-0.2, 0) is 0 Å². The molecule has 0 aromatic heterocycles. The number of thiocarbonyl (C=S) groups is 2. The molecule has 1 rings (SSSR count). The molecule has 14 heavy (non-hydrogen) atoms. The molecule has 1 aromatic carbocycles. The van der Waals surface area contributed by atoms with Gasteiger partial charge in [-0.2, -0.15) is 0 Å². The summed E-state index contributed by atoms with van der Waals surface area (Å²) in [5.74, 6) is 0. The molecular formula is C10H12N2S2. The second-order valence-electron chi connectivity index (χ2n) is 2.70. The normalized spacial score (nSPS) is 9.29. The maximum Gasteiger partial charge on any atom is 0.107 e. The van der Waals surface area contributed by atoms with Crippen molar-refractivity contribution in [2.24, 2.45) is 0 Å². The molecule has 0 bridgehead atoms. The summed E-state index contributed by atoms with van der Waals surface area (Å²) in [6.45, 7) is 0. The third-order valence-electron chi connectivity index (χ3n) is 1.87. The van der Waals surface area contributed by atoms with E-state index in [-0.39, 0.29) is 0 Å². The van der Waals surface area contributed by atoms with Gasteiger partial charge in [0.1, 0.15) is 9.98 Å². The van der Waals surface area contributed by atoms with Crippen molar-refractivity contribution in [2.75, 3.05) is 14.1 Å². The van der Waals surface area contributed by atoms with Gasteiger partial charge in [0.2, 0.25) is 0 Å². The lowest BCUT2D eigenvalue weighted by Crippen LogP contribution is -2.24. The predicted octanol–water partition coefficient (Wildman–Crippen LogP) is 1.48. The van der Waals surface area contributed by atoms with Crippen molar-refractivity contribution in [3.05, 3.63) is 35.4 Å². The number of hydrogen-bond acceptors (Lipinski definition) is 2. The first kappa shape index (κ1) is 11.1. The summed E-state index contributed by atoms with van der Waals surface area (Å²) in [4.78, 5) is 1.41. The highest BCUT2D eigenvalue weighted by molar-refractivity contribution is 7.81. The molecule has 0 heterocycles. The van der Waals surface area contributed by atoms with Crippen molar-refractivity contribution in [3.8, 4) is 0 Å². The molecule has 4 heteroatoms. The number of benzene rings is 1. The highest BCUT2D eigenvalue weighted by Crippen LogP contribution is 2.09. The van der Waals surface area contributed by atoms with Crippen molar-refractivity contribution >= 4 is 34.4 Å². The van der Waals surface area contributed by atoms with Gasteiger partial charge in [0.25, 0.3) is 0 Å². The van der Waals surface area contributed by atoms with Crippen LogP contribution in [-0.4, -0.2) is 24.1 Å². The first-order valence-electron chi connectivity index (χ1n) is 4.24. The van der Waals surface area contributed by atoms with E-state index < -0.39 is 0 Å². The molecule has 1 aromatic rings. The molecule has 2 N–H and O–H groups in total. The fourth-order valence-corrected chi connectivity index (χ4v) is 1.50. The number of nitrogens with one attached hydrogen (secondary N) is 2. The van der Waals surface area contributed by atoms with Gasteiger partial charge in [-0.15, -0.1) is 0 Å². The molecule has 0 saturated carbocycles. The Morgan fingerprint density at radius 3 is 1.57 bits per heavy atom. The van der Waals surface area contributed by atoms with Crippen LogP contribution < -0.4 is 10.6 Å². The highest BCUT2D eigenvalue weighted by Gasteiger charge is 2.08. The largest absolute Gasteiger partial charge is 0.379 e. The molecule has 0 saturated heterocycles. The van der Waals surface area contributed by atoms with Gasteiger partial charge in [0, 0.05) is 25.2 Å². The Labute approximate surface area is 94.7 Å². The molecule has 2 nitrogen and oxygen atoms in total. The smallest absolute Gasteiger partial charge is 0.107 e. The van der Waals surface area contributed by atoms with E-state index in [0.29, 0.717) is 9.98 Å². The van der Waals surface area contributed by atoms with Crippen LogP contribution in [0, 0.1) is 0 Å². The average molecular weight is 224 g/mol. The zero-order valence-electron chi connectivity index (χ0n) is 8.13. The lowest BCUT2D eigenvalue weighted by Gasteiger charge is -2.10. The van der Waals surface area contributed by atoms with E-state index in [9.17, 15) is 0 Å². The first-order chi connectivity index (χ1) is 6.70. The van der Waals surface area contributed by atoms with Gasteiger partial charge in [-0.3, -0.25) is 0 Å². The summed E-state index contributed by atoms with van der Waals surface area (Å²) in [5.41, 5.74) is 1.92. The molecule has 0 spiro atoms. The van der Waals surface area contributed by atoms with E-state index in [1.54, 1.807) is 0 Å². The summed E-state index contributed by atoms with van der Waals surface area (Å²) in [6, 6.07) is 7.80. The SMILES string of the molecule is CNC(=S)c1ccccc1C(=S)NC. The maximum absolute atomic E-state index is 5.18. The topological polar surface area (TPSA) is 24.1 Å². The van der Waals surface area contributed by atoms with Crippen molar-refractivity contribution < 1.29 is 0 Å². The first-order valence-corrected chi connectivity index (χ1v) is 5.05. The summed E-state index contributed by atoms with van der Waals surface area (Å²) in [7, 11) is 3.61. The molecule has 0 aliphatic heterocycles. The monoisotopic (exact) mass is 224 g/mol. The number of hydrogen-bond donors (Lipinski definition) is 2. The average Bonchev–Trinajstić information content (AvgIpc) is 2.27. The van der Waals surface area contributed by atoms with Crippen LogP contribution in [0.5, 0.6) is 0 Å². The van der Waals surface area contributed by atoms with Crippen LogP contribution >= 0.6 is 24.4 Å². The molecule has 0 radical (unpaired) electrons. The standard InChI is InChI=1S/C10H12N2S2/c1-11-9(13)7-5-3-4-6-8(7)10(14)12-2/h3-6H,1-2H3,(H,11,13)(H,12,14). The predicted molar refractivity (Wildman–Crippen MR) is 68.0 cm³/mol. The number of rotatable bonds is 2. The molecule has 0 atom stereocenters. The maximum atomic E-state index is 5.18. The second kappa shape index (κ2) is 5.02. The van der Waals surface area contributed by atoms with Crippen LogP contribution in [0.3, 0.4) is 0 Å². The van der Waals surface area contributed by atoms with Crippen molar-refractivity contribution in [2.45, 2.75) is 0 Å². The van der Waals surface area contributed by atoms with Crippen molar-refractivity contribution in [3.63, 3.8) is 0 Å². The fourth-order valence-electron chi connectivity index (χ4n) is 1.15. The molecule has 74 valence electrons. The van der Waals surface area contributed by atoms with E-state index >= 15 is 0 Å². The lowest BCUT2D eigenvalue weighted by atomic mass is 10.1. The molecule has 0 unspecified atom stereocenters. The van der Waals surface area contributed by atoms with Crippen molar-refractivity contribution in [1.29, 1.82) is 0 Å². The van der Waals surface area contributed by atoms with Gasteiger partial charge in [-0.05, 0) is 0 Å². The van der Waals surface area contributed by atoms with Crippen molar-refractivity contribution in [1.82, 2.24) is 10.6 Å². The minimum Gasteiger partial charge on any atom is -0.379 e. The Balaban J connectivity index is 3.15. The Bertz CT molecular complexity index is 326. The van der Waals surface area contributed by atoms with Gasteiger partial charge in [0.05, 0.1) is 0 Å². The lowest BCUT2D eigenvalue weighted by molar-refractivity contribution is 1.18. The van der Waals surface area contributed by atoms with Gasteiger partial charge >= 0.3 is 0 Å². The molecule has 0 fully saturated rings. The Morgan fingerprint density at radius 1 is 0.929 bits per heavy atom. The van der Waals surface area contributed by atoms with Gasteiger partial charge in [-0.25, -0.2) is 0 Å². The molecule has 0 aliphatic carbocycles. The van der Waals surface area contributed by atoms with Crippen LogP contribution in [0.15, 0.2) is 24.3 Å². The van der Waals surface area contributed by atoms with Crippen LogP contribution in [0.4, 0.5) is 0 Å².